The Kier molecular flexibility index (Phi) is 8.98. The van der Waals surface area contributed by atoms with Crippen molar-refractivity contribution >= 4 is 66.2 Å². The van der Waals surface area contributed by atoms with Crippen molar-refractivity contribution in [3.8, 4) is 0 Å². The predicted molar refractivity (Wildman–Crippen MR) is 164 cm³/mol. The van der Waals surface area contributed by atoms with Gasteiger partial charge in [-0.2, -0.15) is 0 Å². The van der Waals surface area contributed by atoms with Gasteiger partial charge in [0.15, 0.2) is 0 Å². The van der Waals surface area contributed by atoms with Gasteiger partial charge in [0.2, 0.25) is 5.91 Å². The summed E-state index contributed by atoms with van der Waals surface area (Å²) < 4.78 is 56.6. The molecule has 0 saturated heterocycles. The molecule has 1 amide bonds. The van der Waals surface area contributed by atoms with E-state index in [2.05, 4.69) is 10.0 Å². The maximum atomic E-state index is 13.6. The summed E-state index contributed by atoms with van der Waals surface area (Å²) in [5.74, 6) is -0.656. The minimum absolute atomic E-state index is 0.00228. The number of para-hydroxylation sites is 1. The van der Waals surface area contributed by atoms with Crippen LogP contribution in [0.2, 0.25) is 10.0 Å². The summed E-state index contributed by atoms with van der Waals surface area (Å²) in [6.07, 6.45) is 0. The summed E-state index contributed by atoms with van der Waals surface area (Å²) in [6.45, 7) is 4.87. The Bertz CT molecular complexity index is 1790. The van der Waals surface area contributed by atoms with Crippen LogP contribution in [-0.2, 0) is 24.8 Å². The summed E-state index contributed by atoms with van der Waals surface area (Å²) in [7, 11) is -8.06. The van der Waals surface area contributed by atoms with E-state index in [0.717, 1.165) is 21.0 Å². The number of nitrogens with zero attached hydrogens (tertiary/aromatic N) is 1. The Labute approximate surface area is 250 Å². The van der Waals surface area contributed by atoms with Crippen molar-refractivity contribution in [2.75, 3.05) is 20.9 Å². The van der Waals surface area contributed by atoms with Gasteiger partial charge in [0, 0.05) is 5.69 Å². The highest BCUT2D eigenvalue weighted by molar-refractivity contribution is 7.93. The lowest BCUT2D eigenvalue weighted by molar-refractivity contribution is -0.114. The molecule has 12 heteroatoms. The third kappa shape index (κ3) is 7.02. The number of nitrogens with one attached hydrogen (secondary N) is 2. The molecule has 2 N–H and O–H groups in total. The second kappa shape index (κ2) is 12.1. The Morgan fingerprint density at radius 2 is 1.34 bits per heavy atom. The van der Waals surface area contributed by atoms with Gasteiger partial charge >= 0.3 is 0 Å². The first kappa shape index (κ1) is 30.4. The van der Waals surface area contributed by atoms with Gasteiger partial charge in [-0.1, -0.05) is 59.1 Å². The van der Waals surface area contributed by atoms with Crippen molar-refractivity contribution in [2.24, 2.45) is 0 Å². The van der Waals surface area contributed by atoms with Crippen LogP contribution in [0.1, 0.15) is 16.7 Å². The molecule has 0 aliphatic rings. The molecule has 0 aliphatic heterocycles. The van der Waals surface area contributed by atoms with Gasteiger partial charge in [-0.3, -0.25) is 13.8 Å². The van der Waals surface area contributed by atoms with Crippen molar-refractivity contribution in [3.63, 3.8) is 0 Å². The number of aryl methyl sites for hydroxylation is 3. The van der Waals surface area contributed by atoms with Crippen LogP contribution in [0.15, 0.2) is 94.7 Å². The number of sulfonamides is 2. The van der Waals surface area contributed by atoms with Crippen LogP contribution in [0.4, 0.5) is 17.1 Å². The first-order valence-corrected chi connectivity index (χ1v) is 16.0. The number of anilines is 3. The average Bonchev–Trinajstić information content (AvgIpc) is 2.91. The summed E-state index contributed by atoms with van der Waals surface area (Å²) in [5, 5.41) is 2.98. The third-order valence-electron chi connectivity index (χ3n) is 6.25. The molecule has 0 spiro atoms. The highest BCUT2D eigenvalue weighted by atomic mass is 35.5. The normalized spacial score (nSPS) is 11.6. The van der Waals surface area contributed by atoms with Gasteiger partial charge in [0.05, 0.1) is 31.2 Å². The molecule has 214 valence electrons. The number of carbonyl (C=O) groups is 1. The fraction of sp³-hybridized carbons (Fsp3) is 0.138. The zero-order valence-electron chi connectivity index (χ0n) is 22.4. The lowest BCUT2D eigenvalue weighted by Gasteiger charge is -2.24. The fourth-order valence-electron chi connectivity index (χ4n) is 4.01. The molecule has 0 fully saturated rings. The van der Waals surface area contributed by atoms with E-state index in [9.17, 15) is 21.6 Å². The summed E-state index contributed by atoms with van der Waals surface area (Å²) in [6, 6.07) is 21.5. The number of hydrogen-bond donors (Lipinski definition) is 2. The lowest BCUT2D eigenvalue weighted by Crippen LogP contribution is -2.38. The van der Waals surface area contributed by atoms with Crippen LogP contribution < -0.4 is 14.3 Å². The largest absolute Gasteiger partial charge is 0.325 e. The summed E-state index contributed by atoms with van der Waals surface area (Å²) >= 11 is 12.2. The number of amides is 1. The van der Waals surface area contributed by atoms with Gasteiger partial charge in [-0.15, -0.1) is 0 Å². The maximum Gasteiger partial charge on any atom is 0.264 e. The van der Waals surface area contributed by atoms with Crippen molar-refractivity contribution in [2.45, 2.75) is 30.6 Å². The third-order valence-corrected chi connectivity index (χ3v) is 10.1. The molecule has 0 unspecified atom stereocenters. The smallest absolute Gasteiger partial charge is 0.264 e. The molecule has 41 heavy (non-hydrogen) atoms. The highest BCUT2D eigenvalue weighted by Gasteiger charge is 2.28. The zero-order chi connectivity index (χ0) is 29.9. The molecule has 0 heterocycles. The second-order valence-corrected chi connectivity index (χ2v) is 13.7. The minimum atomic E-state index is -4.17. The summed E-state index contributed by atoms with van der Waals surface area (Å²) in [5.41, 5.74) is 3.37. The van der Waals surface area contributed by atoms with E-state index in [0.29, 0.717) is 5.69 Å². The fourth-order valence-corrected chi connectivity index (χ4v) is 6.92. The van der Waals surface area contributed by atoms with Crippen LogP contribution in [-0.4, -0.2) is 29.3 Å². The summed E-state index contributed by atoms with van der Waals surface area (Å²) in [4.78, 5) is 13.1. The lowest BCUT2D eigenvalue weighted by atomic mass is 10.1. The molecule has 0 atom stereocenters. The van der Waals surface area contributed by atoms with Crippen LogP contribution in [0.25, 0.3) is 0 Å². The van der Waals surface area contributed by atoms with Crippen molar-refractivity contribution in [3.05, 3.63) is 112 Å². The molecule has 0 aromatic heterocycles. The molecule has 0 saturated carbocycles. The average molecular weight is 633 g/mol. The SMILES string of the molecule is Cc1ccc(S(=O)(=O)N(CC(=O)Nc2ccc(S(=O)(=O)Nc3c(C)cccc3C)cc2)c2ccc(Cl)c(Cl)c2)cc1. The van der Waals surface area contributed by atoms with Gasteiger partial charge in [-0.25, -0.2) is 16.8 Å². The minimum Gasteiger partial charge on any atom is -0.325 e. The number of rotatable bonds is 9. The number of carbonyl (C=O) groups excluding carboxylic acids is 1. The molecule has 4 rings (SSSR count). The van der Waals surface area contributed by atoms with E-state index >= 15 is 0 Å². The van der Waals surface area contributed by atoms with Crippen molar-refractivity contribution in [1.82, 2.24) is 0 Å². The number of halogens is 2. The Morgan fingerprint density at radius 3 is 1.93 bits per heavy atom. The van der Waals surface area contributed by atoms with Gasteiger partial charge in [-0.05, 0) is 86.5 Å². The van der Waals surface area contributed by atoms with Gasteiger partial charge < -0.3 is 5.32 Å². The predicted octanol–water partition coefficient (Wildman–Crippen LogP) is 6.55. The van der Waals surface area contributed by atoms with E-state index in [-0.39, 0.29) is 31.2 Å². The Hall–Kier alpha value is -3.57. The molecule has 8 nitrogen and oxygen atoms in total. The quantitative estimate of drug-likeness (QED) is 0.217. The van der Waals surface area contributed by atoms with Gasteiger partial charge in [0.25, 0.3) is 20.0 Å². The first-order valence-electron chi connectivity index (χ1n) is 12.3. The van der Waals surface area contributed by atoms with E-state index in [1.54, 1.807) is 12.1 Å². The second-order valence-electron chi connectivity index (χ2n) is 9.37. The van der Waals surface area contributed by atoms with E-state index in [1.165, 1.54) is 54.6 Å². The monoisotopic (exact) mass is 631 g/mol. The highest BCUT2D eigenvalue weighted by Crippen LogP contribution is 2.31. The van der Waals surface area contributed by atoms with Crippen molar-refractivity contribution in [1.29, 1.82) is 0 Å². The molecule has 4 aromatic carbocycles. The molecule has 0 bridgehead atoms. The Balaban J connectivity index is 1.56. The topological polar surface area (TPSA) is 113 Å². The standard InChI is InChI=1S/C29H27Cl2N3O5S2/c1-19-7-12-25(13-8-19)41(38,39)34(23-11-16-26(30)27(31)17-23)18-28(35)32-22-9-14-24(15-10-22)40(36,37)33-29-20(2)5-4-6-21(29)3/h4-17,33H,18H2,1-3H3,(H,32,35). The van der Waals surface area contributed by atoms with Crippen molar-refractivity contribution < 1.29 is 21.6 Å². The zero-order valence-corrected chi connectivity index (χ0v) is 25.5. The molecule has 0 aliphatic carbocycles. The maximum absolute atomic E-state index is 13.6. The van der Waals surface area contributed by atoms with Gasteiger partial charge in [0.1, 0.15) is 6.54 Å². The van der Waals surface area contributed by atoms with Crippen LogP contribution in [0, 0.1) is 20.8 Å². The number of benzene rings is 4. The van der Waals surface area contributed by atoms with Crippen LogP contribution in [0.3, 0.4) is 0 Å². The van der Waals surface area contributed by atoms with E-state index < -0.39 is 32.5 Å². The molecular weight excluding hydrogens is 605 g/mol. The Morgan fingerprint density at radius 1 is 0.756 bits per heavy atom. The molecule has 4 aromatic rings. The van der Waals surface area contributed by atoms with Crippen LogP contribution >= 0.6 is 23.2 Å². The molecule has 0 radical (unpaired) electrons. The molecular formula is C29H27Cl2N3O5S2. The first-order chi connectivity index (χ1) is 19.3. The number of hydrogen-bond acceptors (Lipinski definition) is 5. The van der Waals surface area contributed by atoms with Crippen LogP contribution in [0.5, 0.6) is 0 Å². The van der Waals surface area contributed by atoms with E-state index in [4.69, 9.17) is 23.2 Å². The van der Waals surface area contributed by atoms with E-state index in [1.807, 2.05) is 39.0 Å².